The Morgan fingerprint density at radius 1 is 0.711 bits per heavy atom. The Hall–Kier alpha value is -1.59. The topological polar surface area (TPSA) is 135 Å². The molecule has 0 aromatic carbocycles. The number of esters is 1. The lowest BCUT2D eigenvalue weighted by atomic mass is 9.99. The van der Waals surface area contributed by atoms with Gasteiger partial charge in [-0.1, -0.05) is 102 Å². The molecule has 262 valence electrons. The highest BCUT2D eigenvalue weighted by Crippen LogP contribution is 2.22. The number of aliphatic hydroxyl groups excluding tert-OH is 4. The molecule has 6 atom stereocenters. The number of rotatable bonds is 28. The van der Waals surface area contributed by atoms with Crippen LogP contribution in [0.3, 0.4) is 0 Å². The molecular formula is C36H64O9. The number of carbonyl (C=O) groups is 1. The lowest BCUT2D eigenvalue weighted by molar-refractivity contribution is -0.305. The fourth-order valence-electron chi connectivity index (χ4n) is 4.94. The van der Waals surface area contributed by atoms with Crippen molar-refractivity contribution in [3.63, 3.8) is 0 Å². The smallest absolute Gasteiger partial charge is 0.306 e. The van der Waals surface area contributed by atoms with Crippen LogP contribution < -0.4 is 0 Å². The molecule has 1 fully saturated rings. The molecule has 0 aliphatic carbocycles. The van der Waals surface area contributed by atoms with Crippen LogP contribution in [0, 0.1) is 0 Å². The fraction of sp³-hybridized carbons (Fsp3) is 0.806. The van der Waals surface area contributed by atoms with Crippen molar-refractivity contribution in [2.24, 2.45) is 0 Å². The molecule has 45 heavy (non-hydrogen) atoms. The monoisotopic (exact) mass is 640 g/mol. The van der Waals surface area contributed by atoms with Crippen LogP contribution in [0.4, 0.5) is 0 Å². The first-order valence-electron chi connectivity index (χ1n) is 17.6. The summed E-state index contributed by atoms with van der Waals surface area (Å²) in [6.45, 7) is 4.23. The Bertz CT molecular complexity index is 782. The molecule has 0 aromatic rings. The maximum absolute atomic E-state index is 12.2. The van der Waals surface area contributed by atoms with E-state index in [-0.39, 0.29) is 25.6 Å². The number of hydrogen-bond donors (Lipinski definition) is 4. The van der Waals surface area contributed by atoms with Crippen molar-refractivity contribution in [3.05, 3.63) is 36.5 Å². The van der Waals surface area contributed by atoms with E-state index in [1.807, 2.05) is 6.92 Å². The van der Waals surface area contributed by atoms with Crippen LogP contribution in [0.15, 0.2) is 36.5 Å². The Morgan fingerprint density at radius 2 is 1.29 bits per heavy atom. The number of carbonyl (C=O) groups excluding carboxylic acids is 1. The van der Waals surface area contributed by atoms with Crippen molar-refractivity contribution in [2.45, 2.75) is 160 Å². The Balaban J connectivity index is 2.15. The standard InChI is InChI=1S/C36H64O9/c1-3-5-7-8-9-10-11-12-13-14-15-16-17-18-19-20-21-22-23-24-26-42-28-30(44-32(38)25-6-4-2)29-43-36-35(41)34(40)33(39)31(27-37)45-36/h9-10,12-13,15-16,30-31,33-37,39-41H,3-8,11,14,17-29H2,1-2H3/b10-9-,13-12-,16-15-. The number of aliphatic hydroxyl groups is 4. The minimum Gasteiger partial charge on any atom is -0.457 e. The molecule has 1 heterocycles. The van der Waals surface area contributed by atoms with E-state index in [4.69, 9.17) is 18.9 Å². The highest BCUT2D eigenvalue weighted by atomic mass is 16.7. The summed E-state index contributed by atoms with van der Waals surface area (Å²) in [6.07, 6.45) is 24.3. The van der Waals surface area contributed by atoms with Gasteiger partial charge in [0.1, 0.15) is 30.5 Å². The molecule has 9 nitrogen and oxygen atoms in total. The molecule has 1 aliphatic rings. The summed E-state index contributed by atoms with van der Waals surface area (Å²) < 4.78 is 22.3. The maximum atomic E-state index is 12.2. The van der Waals surface area contributed by atoms with E-state index < -0.39 is 43.4 Å². The third kappa shape index (κ3) is 21.0. The van der Waals surface area contributed by atoms with Crippen LogP contribution in [0.25, 0.3) is 0 Å². The van der Waals surface area contributed by atoms with E-state index in [0.717, 1.165) is 44.9 Å². The zero-order valence-electron chi connectivity index (χ0n) is 28.1. The summed E-state index contributed by atoms with van der Waals surface area (Å²) in [7, 11) is 0. The zero-order chi connectivity index (χ0) is 33.0. The molecule has 1 aliphatic heterocycles. The summed E-state index contributed by atoms with van der Waals surface area (Å²) in [5.41, 5.74) is 0. The average Bonchev–Trinajstić information content (AvgIpc) is 3.04. The summed E-state index contributed by atoms with van der Waals surface area (Å²) >= 11 is 0. The van der Waals surface area contributed by atoms with E-state index in [9.17, 15) is 25.2 Å². The van der Waals surface area contributed by atoms with Gasteiger partial charge in [-0.3, -0.25) is 4.79 Å². The van der Waals surface area contributed by atoms with E-state index >= 15 is 0 Å². The number of ether oxygens (including phenoxy) is 4. The average molecular weight is 641 g/mol. The second-order valence-corrected chi connectivity index (χ2v) is 12.0. The zero-order valence-corrected chi connectivity index (χ0v) is 28.1. The lowest BCUT2D eigenvalue weighted by Gasteiger charge is -2.39. The molecule has 0 amide bonds. The van der Waals surface area contributed by atoms with Gasteiger partial charge < -0.3 is 39.4 Å². The van der Waals surface area contributed by atoms with Gasteiger partial charge in [-0.15, -0.1) is 0 Å². The molecule has 1 rings (SSSR count). The molecule has 0 spiro atoms. The predicted molar refractivity (Wildman–Crippen MR) is 178 cm³/mol. The quantitative estimate of drug-likeness (QED) is 0.0457. The normalized spacial score (nSPS) is 23.0. The summed E-state index contributed by atoms with van der Waals surface area (Å²) in [5, 5.41) is 39.5. The van der Waals surface area contributed by atoms with E-state index in [1.54, 1.807) is 0 Å². The van der Waals surface area contributed by atoms with Crippen LogP contribution in [0.5, 0.6) is 0 Å². The third-order valence-corrected chi connectivity index (χ3v) is 7.81. The number of allylic oxidation sites excluding steroid dienone is 6. The van der Waals surface area contributed by atoms with Gasteiger partial charge in [-0.2, -0.15) is 0 Å². The molecule has 0 radical (unpaired) electrons. The first-order valence-corrected chi connectivity index (χ1v) is 17.6. The highest BCUT2D eigenvalue weighted by molar-refractivity contribution is 5.69. The maximum Gasteiger partial charge on any atom is 0.306 e. The van der Waals surface area contributed by atoms with Crippen LogP contribution in [-0.2, 0) is 23.7 Å². The van der Waals surface area contributed by atoms with Crippen LogP contribution in [-0.4, -0.2) is 89.6 Å². The molecule has 1 saturated heterocycles. The number of hydrogen-bond acceptors (Lipinski definition) is 9. The van der Waals surface area contributed by atoms with Crippen molar-refractivity contribution in [2.75, 3.05) is 26.4 Å². The lowest BCUT2D eigenvalue weighted by Crippen LogP contribution is -2.59. The molecule has 0 saturated carbocycles. The van der Waals surface area contributed by atoms with Gasteiger partial charge in [0.2, 0.25) is 0 Å². The van der Waals surface area contributed by atoms with Crippen molar-refractivity contribution < 1.29 is 44.2 Å². The summed E-state index contributed by atoms with van der Waals surface area (Å²) in [4.78, 5) is 12.2. The Morgan fingerprint density at radius 3 is 1.91 bits per heavy atom. The van der Waals surface area contributed by atoms with Crippen molar-refractivity contribution in [1.29, 1.82) is 0 Å². The largest absolute Gasteiger partial charge is 0.457 e. The van der Waals surface area contributed by atoms with Gasteiger partial charge in [0.05, 0.1) is 19.8 Å². The van der Waals surface area contributed by atoms with Crippen molar-refractivity contribution in [3.8, 4) is 0 Å². The van der Waals surface area contributed by atoms with Crippen molar-refractivity contribution in [1.82, 2.24) is 0 Å². The van der Waals surface area contributed by atoms with E-state index in [2.05, 4.69) is 43.4 Å². The summed E-state index contributed by atoms with van der Waals surface area (Å²) in [5.74, 6) is -0.355. The van der Waals surface area contributed by atoms with Gasteiger partial charge >= 0.3 is 5.97 Å². The molecule has 0 bridgehead atoms. The van der Waals surface area contributed by atoms with Crippen LogP contribution >= 0.6 is 0 Å². The molecule has 4 N–H and O–H groups in total. The second-order valence-electron chi connectivity index (χ2n) is 12.0. The first kappa shape index (κ1) is 41.4. The summed E-state index contributed by atoms with van der Waals surface area (Å²) in [6, 6.07) is 0. The predicted octanol–water partition coefficient (Wildman–Crippen LogP) is 6.07. The van der Waals surface area contributed by atoms with Gasteiger partial charge in [-0.25, -0.2) is 0 Å². The highest BCUT2D eigenvalue weighted by Gasteiger charge is 2.44. The number of unbranched alkanes of at least 4 members (excludes halogenated alkanes) is 11. The molecule has 0 aromatic heterocycles. The van der Waals surface area contributed by atoms with Crippen LogP contribution in [0.1, 0.15) is 123 Å². The fourth-order valence-corrected chi connectivity index (χ4v) is 4.94. The Labute approximate surface area is 272 Å². The SMILES string of the molecule is CCCCC/C=C\C/C=C\C/C=C\CCCCCCCCCOCC(COC1OC(CO)C(O)C(O)C1O)OC(=O)CCCC. The third-order valence-electron chi connectivity index (χ3n) is 7.81. The van der Waals surface area contributed by atoms with Crippen LogP contribution in [0.2, 0.25) is 0 Å². The first-order chi connectivity index (χ1) is 21.9. The van der Waals surface area contributed by atoms with Gasteiger partial charge in [0.25, 0.3) is 0 Å². The van der Waals surface area contributed by atoms with Gasteiger partial charge in [0, 0.05) is 13.0 Å². The van der Waals surface area contributed by atoms with E-state index in [0.29, 0.717) is 13.0 Å². The van der Waals surface area contributed by atoms with E-state index in [1.165, 1.54) is 51.4 Å². The molecule has 6 unspecified atom stereocenters. The minimum absolute atomic E-state index is 0.122. The van der Waals surface area contributed by atoms with Crippen molar-refractivity contribution >= 4 is 5.97 Å². The second kappa shape index (κ2) is 28.6. The Kier molecular flexibility index (Phi) is 26.3. The minimum atomic E-state index is -1.53. The van der Waals surface area contributed by atoms with Gasteiger partial charge in [-0.05, 0) is 51.4 Å². The molecule has 9 heteroatoms. The molecular weight excluding hydrogens is 576 g/mol. The van der Waals surface area contributed by atoms with Gasteiger partial charge in [0.15, 0.2) is 6.29 Å².